The highest BCUT2D eigenvalue weighted by atomic mass is 15.1. The van der Waals surface area contributed by atoms with Gasteiger partial charge in [-0.15, -0.1) is 0 Å². The zero-order valence-corrected chi connectivity index (χ0v) is 22.1. The summed E-state index contributed by atoms with van der Waals surface area (Å²) in [6.07, 6.45) is 14.9. The molecule has 35 heavy (non-hydrogen) atoms. The van der Waals surface area contributed by atoms with E-state index in [1.54, 1.807) is 0 Å². The molecule has 3 aromatic rings. The van der Waals surface area contributed by atoms with Crippen molar-refractivity contribution in [3.05, 3.63) is 89.5 Å². The van der Waals surface area contributed by atoms with Crippen molar-refractivity contribution in [2.75, 3.05) is 11.4 Å². The predicted octanol–water partition coefficient (Wildman–Crippen LogP) is 9.29. The molecule has 2 N–H and O–H groups in total. The van der Waals surface area contributed by atoms with Gasteiger partial charge < -0.3 is 10.6 Å². The molecule has 0 aliphatic carbocycles. The summed E-state index contributed by atoms with van der Waals surface area (Å²) in [6.45, 7) is 5.28. The van der Waals surface area contributed by atoms with Crippen molar-refractivity contribution in [3.63, 3.8) is 0 Å². The Morgan fingerprint density at radius 3 is 1.11 bits per heavy atom. The molecule has 0 saturated carbocycles. The minimum Gasteiger partial charge on any atom is -0.330 e. The molecule has 0 saturated heterocycles. The van der Waals surface area contributed by atoms with Gasteiger partial charge in [0.1, 0.15) is 0 Å². The summed E-state index contributed by atoms with van der Waals surface area (Å²) in [7, 11) is 0. The highest BCUT2D eigenvalue weighted by molar-refractivity contribution is 5.76. The average molecular weight is 471 g/mol. The van der Waals surface area contributed by atoms with Crippen molar-refractivity contribution in [1.29, 1.82) is 0 Å². The molecule has 2 nitrogen and oxygen atoms in total. The van der Waals surface area contributed by atoms with Crippen LogP contribution in [0.3, 0.4) is 0 Å². The van der Waals surface area contributed by atoms with Crippen LogP contribution in [-0.2, 0) is 19.3 Å². The van der Waals surface area contributed by atoms with E-state index in [2.05, 4.69) is 91.5 Å². The van der Waals surface area contributed by atoms with Gasteiger partial charge in [-0.25, -0.2) is 0 Å². The van der Waals surface area contributed by atoms with Crippen molar-refractivity contribution in [2.45, 2.75) is 90.9 Å². The Bertz CT molecular complexity index is 886. The molecular weight excluding hydrogens is 424 g/mol. The van der Waals surface area contributed by atoms with E-state index >= 15 is 0 Å². The predicted molar refractivity (Wildman–Crippen MR) is 154 cm³/mol. The van der Waals surface area contributed by atoms with E-state index in [4.69, 9.17) is 5.73 Å². The molecule has 0 aliphatic heterocycles. The van der Waals surface area contributed by atoms with E-state index in [0.29, 0.717) is 0 Å². The van der Waals surface area contributed by atoms with Gasteiger partial charge in [0.05, 0.1) is 0 Å². The Morgan fingerprint density at radius 1 is 0.457 bits per heavy atom. The first kappa shape index (κ1) is 27.0. The molecule has 3 aromatic carbocycles. The second-order valence-corrected chi connectivity index (χ2v) is 9.85. The van der Waals surface area contributed by atoms with Crippen LogP contribution in [0.15, 0.2) is 72.8 Å². The topological polar surface area (TPSA) is 29.3 Å². The van der Waals surface area contributed by atoms with Crippen LogP contribution in [0.25, 0.3) is 0 Å². The van der Waals surface area contributed by atoms with Crippen LogP contribution >= 0.6 is 0 Å². The number of anilines is 3. The van der Waals surface area contributed by atoms with Gasteiger partial charge in [-0.2, -0.15) is 0 Å². The Morgan fingerprint density at radius 2 is 0.800 bits per heavy atom. The SMILES string of the molecule is CCCCCCc1ccc(N(c2ccc(CCCN)cc2)c2ccc(CCCCCC)cc2)cc1. The molecule has 0 unspecified atom stereocenters. The standard InChI is InChI=1S/C33H46N2/c1-3-5-7-9-12-28-15-21-31(22-16-28)35(33-25-19-30(20-26-33)14-11-27-34)32-23-17-29(18-24-32)13-10-8-6-4-2/h15-26H,3-14,27,34H2,1-2H3. The number of hydrogen-bond donors (Lipinski definition) is 1. The lowest BCUT2D eigenvalue weighted by molar-refractivity contribution is 0.667. The minimum atomic E-state index is 0.740. The van der Waals surface area contributed by atoms with Crippen molar-refractivity contribution in [1.82, 2.24) is 0 Å². The zero-order chi connectivity index (χ0) is 24.7. The largest absolute Gasteiger partial charge is 0.330 e. The molecule has 0 spiro atoms. The van der Waals surface area contributed by atoms with Crippen LogP contribution < -0.4 is 10.6 Å². The van der Waals surface area contributed by atoms with Crippen LogP contribution in [-0.4, -0.2) is 6.54 Å². The highest BCUT2D eigenvalue weighted by Crippen LogP contribution is 2.35. The first-order valence-corrected chi connectivity index (χ1v) is 14.0. The molecular formula is C33H46N2. The van der Waals surface area contributed by atoms with Gasteiger partial charge in [0, 0.05) is 17.1 Å². The molecule has 0 atom stereocenters. The molecule has 0 aromatic heterocycles. The fourth-order valence-corrected chi connectivity index (χ4v) is 4.70. The molecule has 0 aliphatic rings. The summed E-state index contributed by atoms with van der Waals surface area (Å²) >= 11 is 0. The van der Waals surface area contributed by atoms with E-state index < -0.39 is 0 Å². The van der Waals surface area contributed by atoms with Crippen LogP contribution in [0.2, 0.25) is 0 Å². The maximum absolute atomic E-state index is 5.71. The van der Waals surface area contributed by atoms with E-state index in [0.717, 1.165) is 19.4 Å². The second-order valence-electron chi connectivity index (χ2n) is 9.85. The number of unbranched alkanes of at least 4 members (excludes halogenated alkanes) is 6. The maximum atomic E-state index is 5.71. The van der Waals surface area contributed by atoms with E-state index in [-0.39, 0.29) is 0 Å². The summed E-state index contributed by atoms with van der Waals surface area (Å²) in [5.41, 5.74) is 13.6. The first-order valence-electron chi connectivity index (χ1n) is 14.0. The maximum Gasteiger partial charge on any atom is 0.0461 e. The van der Waals surface area contributed by atoms with E-state index in [1.807, 2.05) is 0 Å². The third-order valence-corrected chi connectivity index (χ3v) is 6.89. The molecule has 0 amide bonds. The summed E-state index contributed by atoms with van der Waals surface area (Å²) in [6, 6.07) is 27.4. The quantitative estimate of drug-likeness (QED) is 0.211. The van der Waals surface area contributed by atoms with Crippen LogP contribution in [0.1, 0.15) is 88.3 Å². The molecule has 0 radical (unpaired) electrons. The number of nitrogens with two attached hydrogens (primary N) is 1. The fraction of sp³-hybridized carbons (Fsp3) is 0.455. The van der Waals surface area contributed by atoms with Gasteiger partial charge in [-0.1, -0.05) is 88.8 Å². The fourth-order valence-electron chi connectivity index (χ4n) is 4.70. The molecule has 0 fully saturated rings. The molecule has 188 valence electrons. The normalized spacial score (nSPS) is 11.1. The van der Waals surface area contributed by atoms with Gasteiger partial charge in [0.25, 0.3) is 0 Å². The van der Waals surface area contributed by atoms with Crippen molar-refractivity contribution in [2.24, 2.45) is 5.73 Å². The number of aryl methyl sites for hydroxylation is 3. The molecule has 2 heteroatoms. The third kappa shape index (κ3) is 8.85. The van der Waals surface area contributed by atoms with Crippen LogP contribution in [0.4, 0.5) is 17.1 Å². The van der Waals surface area contributed by atoms with Gasteiger partial charge in [0.15, 0.2) is 0 Å². The number of rotatable bonds is 16. The lowest BCUT2D eigenvalue weighted by Crippen LogP contribution is -2.10. The van der Waals surface area contributed by atoms with Gasteiger partial charge in [0.2, 0.25) is 0 Å². The average Bonchev–Trinajstić information content (AvgIpc) is 2.90. The molecule has 3 rings (SSSR count). The van der Waals surface area contributed by atoms with E-state index in [1.165, 1.54) is 98.0 Å². The Balaban J connectivity index is 1.79. The lowest BCUT2D eigenvalue weighted by atomic mass is 10.0. The smallest absolute Gasteiger partial charge is 0.0461 e. The summed E-state index contributed by atoms with van der Waals surface area (Å²) in [5, 5.41) is 0. The van der Waals surface area contributed by atoms with Gasteiger partial charge in [-0.3, -0.25) is 0 Å². The Hall–Kier alpha value is -2.58. The van der Waals surface area contributed by atoms with Crippen LogP contribution in [0.5, 0.6) is 0 Å². The number of benzene rings is 3. The molecule has 0 bridgehead atoms. The van der Waals surface area contributed by atoms with Crippen LogP contribution in [0, 0.1) is 0 Å². The van der Waals surface area contributed by atoms with Crippen molar-refractivity contribution >= 4 is 17.1 Å². The second kappa shape index (κ2) is 15.4. The zero-order valence-electron chi connectivity index (χ0n) is 22.1. The number of nitrogens with zero attached hydrogens (tertiary/aromatic N) is 1. The van der Waals surface area contributed by atoms with Crippen molar-refractivity contribution in [3.8, 4) is 0 Å². The van der Waals surface area contributed by atoms with Crippen molar-refractivity contribution < 1.29 is 0 Å². The highest BCUT2D eigenvalue weighted by Gasteiger charge is 2.13. The first-order chi connectivity index (χ1) is 17.2. The lowest BCUT2D eigenvalue weighted by Gasteiger charge is -2.26. The minimum absolute atomic E-state index is 0.740. The monoisotopic (exact) mass is 470 g/mol. The summed E-state index contributed by atoms with van der Waals surface area (Å²) in [4.78, 5) is 2.38. The van der Waals surface area contributed by atoms with E-state index in [9.17, 15) is 0 Å². The third-order valence-electron chi connectivity index (χ3n) is 6.89. The Labute approximate surface area is 214 Å². The Kier molecular flexibility index (Phi) is 11.9. The molecule has 0 heterocycles. The summed E-state index contributed by atoms with van der Waals surface area (Å²) < 4.78 is 0. The number of hydrogen-bond acceptors (Lipinski definition) is 2. The van der Waals surface area contributed by atoms with Gasteiger partial charge in [-0.05, 0) is 98.2 Å². The van der Waals surface area contributed by atoms with Gasteiger partial charge >= 0.3 is 0 Å². The summed E-state index contributed by atoms with van der Waals surface area (Å²) in [5.74, 6) is 0.